The Bertz CT molecular complexity index is 4240. The molecule has 0 aliphatic heterocycles. The largest absolute Gasteiger partial charge is 0.455 e. The first-order valence-electron chi connectivity index (χ1n) is 26.8. The lowest BCUT2D eigenvalue weighted by molar-refractivity contribution is -0.702. The van der Waals surface area contributed by atoms with Crippen molar-refractivity contribution < 1.29 is 46.2 Å². The highest BCUT2D eigenvalue weighted by atomic mass is 19.1. The molecule has 16 heteroatoms. The molecule has 0 spiro atoms. The van der Waals surface area contributed by atoms with Crippen molar-refractivity contribution in [2.24, 2.45) is 17.6 Å². The summed E-state index contributed by atoms with van der Waals surface area (Å²) in [5, 5.41) is 22.9. The summed E-state index contributed by atoms with van der Waals surface area (Å²) in [4.78, 5) is 67.7. The highest BCUT2D eigenvalue weighted by Crippen LogP contribution is 2.40. The zero-order valence-corrected chi connectivity index (χ0v) is 45.9. The van der Waals surface area contributed by atoms with E-state index in [9.17, 15) is 38.0 Å². The minimum atomic E-state index is -0.595. The molecule has 0 radical (unpaired) electrons. The Kier molecular flexibility index (Phi) is 15.9. The number of nitrogens with zero attached hydrogens (tertiary/aromatic N) is 2. The van der Waals surface area contributed by atoms with Crippen LogP contribution in [0.5, 0.6) is 0 Å². The van der Waals surface area contributed by atoms with Gasteiger partial charge in [-0.3, -0.25) is 24.0 Å². The van der Waals surface area contributed by atoms with Crippen molar-refractivity contribution >= 4 is 51.5 Å². The molecule has 6 N–H and O–H groups in total. The van der Waals surface area contributed by atoms with Crippen LogP contribution in [0.15, 0.2) is 173 Å². The van der Waals surface area contributed by atoms with E-state index < -0.39 is 29.4 Å². The highest BCUT2D eigenvalue weighted by Gasteiger charge is 2.26. The summed E-state index contributed by atoms with van der Waals surface area (Å²) >= 11 is 0. The van der Waals surface area contributed by atoms with E-state index in [1.807, 2.05) is 80.1 Å². The van der Waals surface area contributed by atoms with E-state index in [-0.39, 0.29) is 52.8 Å². The Hall–Kier alpha value is -10.5. The summed E-state index contributed by atoms with van der Waals surface area (Å²) in [6.45, 7) is 6.92. The highest BCUT2D eigenvalue weighted by molar-refractivity contribution is 6.13. The molecule has 10 rings (SSSR count). The number of hydrogen-bond donors (Lipinski definition) is 5. The van der Waals surface area contributed by atoms with E-state index in [4.69, 9.17) is 14.6 Å². The van der Waals surface area contributed by atoms with Crippen LogP contribution >= 0.6 is 0 Å². The number of carbonyl (C=O) groups excluding carboxylic acids is 5. The summed E-state index contributed by atoms with van der Waals surface area (Å²) in [6.07, 6.45) is 3.58. The summed E-state index contributed by atoms with van der Waals surface area (Å²) in [5.41, 5.74) is 14.5. The van der Waals surface area contributed by atoms with Gasteiger partial charge < -0.3 is 35.8 Å². The third kappa shape index (κ3) is 11.7. The van der Waals surface area contributed by atoms with Crippen LogP contribution in [0.1, 0.15) is 78.1 Å². The van der Waals surface area contributed by atoms with Crippen LogP contribution in [0.2, 0.25) is 0 Å². The zero-order valence-electron chi connectivity index (χ0n) is 45.9. The predicted octanol–water partition coefficient (Wildman–Crippen LogP) is 11.9. The van der Waals surface area contributed by atoms with Gasteiger partial charge in [0.1, 0.15) is 46.0 Å². The molecule has 1 unspecified atom stereocenters. The van der Waals surface area contributed by atoms with E-state index in [0.29, 0.717) is 113 Å². The Balaban J connectivity index is 0.949. The Labute approximate surface area is 476 Å². The first-order chi connectivity index (χ1) is 40.0. The van der Waals surface area contributed by atoms with E-state index >= 15 is 0 Å². The van der Waals surface area contributed by atoms with Crippen molar-refractivity contribution in [2.75, 3.05) is 27.2 Å². The lowest BCUT2D eigenvalue weighted by Gasteiger charge is -2.16. The molecule has 14 nitrogen and oxygen atoms in total. The average Bonchev–Trinajstić information content (AvgIpc) is 3.30. The topological polar surface area (TPSA) is 213 Å². The molecule has 0 aliphatic carbocycles. The number of nitrogens with two attached hydrogens (primary N) is 1. The van der Waals surface area contributed by atoms with Crippen molar-refractivity contribution in [3.05, 3.63) is 209 Å². The van der Waals surface area contributed by atoms with Gasteiger partial charge in [-0.1, -0.05) is 69.3 Å². The number of aromatic nitrogens is 1. The van der Waals surface area contributed by atoms with Gasteiger partial charge in [0.25, 0.3) is 23.6 Å². The Morgan fingerprint density at radius 3 is 1.42 bits per heavy atom. The molecule has 0 fully saturated rings. The molecule has 10 aromatic rings. The number of benzene rings is 7. The Morgan fingerprint density at radius 2 is 0.964 bits per heavy atom. The molecule has 7 aromatic carbocycles. The van der Waals surface area contributed by atoms with Crippen LogP contribution < -0.4 is 31.6 Å². The molecule has 83 heavy (non-hydrogen) atoms. The quantitative estimate of drug-likeness (QED) is 0.0552. The van der Waals surface area contributed by atoms with Gasteiger partial charge >= 0.3 is 0 Å². The van der Waals surface area contributed by atoms with Crippen molar-refractivity contribution in [1.82, 2.24) is 21.3 Å². The first-order valence-corrected chi connectivity index (χ1v) is 26.8. The van der Waals surface area contributed by atoms with Gasteiger partial charge in [0, 0.05) is 82.8 Å². The number of hydrogen-bond acceptors (Lipinski definition) is 8. The van der Waals surface area contributed by atoms with E-state index in [1.165, 1.54) is 38.4 Å². The molecule has 414 valence electrons. The van der Waals surface area contributed by atoms with Gasteiger partial charge in [-0.25, -0.2) is 13.3 Å². The smallest absolute Gasteiger partial charge is 0.255 e. The van der Waals surface area contributed by atoms with Gasteiger partial charge in [0.05, 0.1) is 11.1 Å². The molecule has 0 bridgehead atoms. The fraction of sp³-hybridized carbons (Fsp3) is 0.149. The lowest BCUT2D eigenvalue weighted by Crippen LogP contribution is -2.41. The normalized spacial score (nSPS) is 11.6. The maximum atomic E-state index is 14.6. The minimum absolute atomic E-state index is 0.149. The Morgan fingerprint density at radius 1 is 0.530 bits per heavy atom. The molecular weight excluding hydrogens is 1050 g/mol. The second-order valence-electron chi connectivity index (χ2n) is 20.7. The van der Waals surface area contributed by atoms with E-state index in [0.717, 1.165) is 0 Å². The van der Waals surface area contributed by atoms with Gasteiger partial charge in [0.2, 0.25) is 5.91 Å². The molecule has 1 atom stereocenters. The molecule has 0 saturated carbocycles. The SMILES string of the molecule is CNC(=O)c1c(-c2ccc(F)cc2)oc2ccc(-c3ccc(-c4cc(C#N)c[n+](CC(C)CNC(=O)c5cc(-c6ccc7oc(-c8ccc(F)cc8)c(C(=O)NC)c7c6)ccc5-c5ccc(C(N)=O)cc5)c4)c(C(=O)NCC(C)C)c3)cc12. The number of carbonyl (C=O) groups is 5. The van der Waals surface area contributed by atoms with Crippen molar-refractivity contribution in [3.63, 3.8) is 0 Å². The second kappa shape index (κ2) is 23.7. The van der Waals surface area contributed by atoms with Crippen LogP contribution in [0, 0.1) is 34.8 Å². The second-order valence-corrected chi connectivity index (χ2v) is 20.7. The van der Waals surface area contributed by atoms with Crippen LogP contribution in [-0.4, -0.2) is 56.7 Å². The molecule has 0 saturated heterocycles. The van der Waals surface area contributed by atoms with E-state index in [1.54, 1.807) is 85.1 Å². The molecule has 3 heterocycles. The summed E-state index contributed by atoms with van der Waals surface area (Å²) < 4.78 is 42.1. The number of nitrogens with one attached hydrogen (secondary N) is 4. The monoisotopic (exact) mass is 1110 g/mol. The van der Waals surface area contributed by atoms with Crippen LogP contribution in [-0.2, 0) is 6.54 Å². The molecule has 5 amide bonds. The molecule has 0 aliphatic rings. The third-order valence-electron chi connectivity index (χ3n) is 14.3. The predicted molar refractivity (Wildman–Crippen MR) is 314 cm³/mol. The van der Waals surface area contributed by atoms with Crippen molar-refractivity contribution in [2.45, 2.75) is 27.3 Å². The van der Waals surface area contributed by atoms with E-state index in [2.05, 4.69) is 27.3 Å². The number of amides is 5. The average molecular weight is 1110 g/mol. The number of pyridine rings is 1. The number of nitriles is 1. The fourth-order valence-corrected chi connectivity index (χ4v) is 10.1. The zero-order chi connectivity index (χ0) is 58.6. The number of halogens is 2. The minimum Gasteiger partial charge on any atom is -0.455 e. The van der Waals surface area contributed by atoms with Crippen molar-refractivity contribution in [3.8, 4) is 73.2 Å². The van der Waals surface area contributed by atoms with Gasteiger partial charge in [0.15, 0.2) is 18.9 Å². The maximum absolute atomic E-state index is 14.6. The van der Waals surface area contributed by atoms with Crippen molar-refractivity contribution in [1.29, 1.82) is 5.26 Å². The summed E-state index contributed by atoms with van der Waals surface area (Å²) in [6, 6.07) is 43.7. The van der Waals surface area contributed by atoms with Gasteiger partial charge in [-0.2, -0.15) is 5.26 Å². The first kappa shape index (κ1) is 55.8. The number of primary amides is 1. The third-order valence-corrected chi connectivity index (χ3v) is 14.3. The van der Waals surface area contributed by atoms with Crippen LogP contribution in [0.25, 0.3) is 89.1 Å². The number of furan rings is 2. The number of fused-ring (bicyclic) bond motifs is 2. The van der Waals surface area contributed by atoms with Gasteiger partial charge in [-0.05, 0) is 142 Å². The summed E-state index contributed by atoms with van der Waals surface area (Å²) in [7, 11) is 3.03. The summed E-state index contributed by atoms with van der Waals surface area (Å²) in [5.74, 6) is -2.45. The lowest BCUT2D eigenvalue weighted by atomic mass is 9.93. The van der Waals surface area contributed by atoms with Crippen LogP contribution in [0.3, 0.4) is 0 Å². The molecule has 3 aromatic heterocycles. The van der Waals surface area contributed by atoms with Gasteiger partial charge in [-0.15, -0.1) is 0 Å². The fourth-order valence-electron chi connectivity index (χ4n) is 10.1. The number of rotatable bonds is 17. The maximum Gasteiger partial charge on any atom is 0.255 e. The van der Waals surface area contributed by atoms with Crippen LogP contribution in [0.4, 0.5) is 8.78 Å². The standard InChI is InChI=1S/C67H55F2N7O7/c1-37(2)32-74-64(78)54-28-45(47-17-25-58-56(30-47)60(67(81)73-5)62(83-58)42-12-20-50(69)21-13-42)15-23-52(54)48-26-39(31-70)35-76(36-48)34-38(3)33-75-65(79)53-27-44(14-22-51(53)40-6-8-43(9-7-40)63(71)77)46-16-24-57-55(29-46)59(66(80)72-4)61(82-57)41-10-18-49(68)19-11-41/h6-30,35-38H,32-34H2,1-5H3,(H5-,71,72,73,74,75,77,78,79,80,81)/p+1. The molecular formula is C67H56F2N7O7+.